The molecule has 1 aromatic heterocycles. The van der Waals surface area contributed by atoms with Gasteiger partial charge < -0.3 is 4.74 Å². The molecule has 0 unspecified atom stereocenters. The minimum Gasteiger partial charge on any atom is -0.473 e. The molecule has 1 fully saturated rings. The summed E-state index contributed by atoms with van der Waals surface area (Å²) in [7, 11) is 0. The van der Waals surface area contributed by atoms with Gasteiger partial charge in [0.2, 0.25) is 5.88 Å². The van der Waals surface area contributed by atoms with E-state index in [1.54, 1.807) is 0 Å². The number of nitrogens with zero attached hydrogens (tertiary/aromatic N) is 2. The first-order valence-corrected chi connectivity index (χ1v) is 8.39. The summed E-state index contributed by atoms with van der Waals surface area (Å²) >= 11 is 0. The highest BCUT2D eigenvalue weighted by Crippen LogP contribution is 2.32. The summed E-state index contributed by atoms with van der Waals surface area (Å²) in [6, 6.07) is 18.5. The van der Waals surface area contributed by atoms with Gasteiger partial charge in [-0.3, -0.25) is 0 Å². The van der Waals surface area contributed by atoms with Crippen LogP contribution in [0.3, 0.4) is 0 Å². The van der Waals surface area contributed by atoms with Crippen LogP contribution in [-0.2, 0) is 0 Å². The van der Waals surface area contributed by atoms with Gasteiger partial charge in [-0.2, -0.15) is 0 Å². The zero-order valence-corrected chi connectivity index (χ0v) is 13.1. The molecule has 0 radical (unpaired) electrons. The number of hydrogen-bond acceptors (Lipinski definition) is 3. The van der Waals surface area contributed by atoms with Crippen LogP contribution >= 0.6 is 0 Å². The summed E-state index contributed by atoms with van der Waals surface area (Å²) in [4.78, 5) is 0. The molecule has 1 saturated carbocycles. The van der Waals surface area contributed by atoms with Crippen LogP contribution in [0.2, 0.25) is 0 Å². The average Bonchev–Trinajstić information content (AvgIpc) is 2.64. The van der Waals surface area contributed by atoms with Gasteiger partial charge in [0, 0.05) is 16.3 Å². The summed E-state index contributed by atoms with van der Waals surface area (Å²) in [6.07, 6.45) is 6.34. The molecule has 0 atom stereocenters. The van der Waals surface area contributed by atoms with E-state index in [9.17, 15) is 0 Å². The van der Waals surface area contributed by atoms with Crippen molar-refractivity contribution in [2.24, 2.45) is 0 Å². The molecule has 3 nitrogen and oxygen atoms in total. The van der Waals surface area contributed by atoms with E-state index in [2.05, 4.69) is 34.5 Å². The molecule has 3 aromatic rings. The Morgan fingerprint density at radius 1 is 0.739 bits per heavy atom. The Morgan fingerprint density at radius 3 is 2.22 bits per heavy atom. The molecule has 1 aliphatic rings. The van der Waals surface area contributed by atoms with Crippen LogP contribution in [-0.4, -0.2) is 16.3 Å². The summed E-state index contributed by atoms with van der Waals surface area (Å²) in [6.45, 7) is 0. The van der Waals surface area contributed by atoms with Crippen molar-refractivity contribution in [2.45, 2.75) is 38.2 Å². The molecule has 3 heteroatoms. The van der Waals surface area contributed by atoms with E-state index in [-0.39, 0.29) is 6.10 Å². The highest BCUT2D eigenvalue weighted by atomic mass is 16.5. The predicted octanol–water partition coefficient (Wildman–Crippen LogP) is 5.01. The zero-order chi connectivity index (χ0) is 15.5. The first-order valence-electron chi connectivity index (χ1n) is 8.39. The van der Waals surface area contributed by atoms with Crippen molar-refractivity contribution in [2.75, 3.05) is 0 Å². The van der Waals surface area contributed by atoms with Gasteiger partial charge in [-0.05, 0) is 31.7 Å². The van der Waals surface area contributed by atoms with Crippen molar-refractivity contribution in [3.63, 3.8) is 0 Å². The van der Waals surface area contributed by atoms with Crippen molar-refractivity contribution >= 4 is 10.8 Å². The summed E-state index contributed by atoms with van der Waals surface area (Å²) in [5, 5.41) is 11.0. The Hall–Kier alpha value is -2.42. The molecule has 116 valence electrons. The Bertz CT molecular complexity index is 795. The molecule has 0 amide bonds. The van der Waals surface area contributed by atoms with E-state index in [0.29, 0.717) is 5.88 Å². The van der Waals surface area contributed by atoms with E-state index in [0.717, 1.165) is 34.9 Å². The molecule has 0 saturated heterocycles. The fraction of sp³-hybridized carbons (Fsp3) is 0.300. The second kappa shape index (κ2) is 6.37. The third-order valence-electron chi connectivity index (χ3n) is 4.53. The van der Waals surface area contributed by atoms with E-state index in [1.165, 1.54) is 19.3 Å². The molecule has 1 aliphatic carbocycles. The molecule has 0 spiro atoms. The third-order valence-corrected chi connectivity index (χ3v) is 4.53. The van der Waals surface area contributed by atoms with E-state index in [1.807, 2.05) is 30.3 Å². The molecule has 0 bridgehead atoms. The monoisotopic (exact) mass is 304 g/mol. The van der Waals surface area contributed by atoms with Crippen LogP contribution in [0.15, 0.2) is 54.6 Å². The van der Waals surface area contributed by atoms with Crippen LogP contribution in [0.25, 0.3) is 22.0 Å². The number of benzene rings is 2. The Balaban J connectivity index is 1.76. The zero-order valence-electron chi connectivity index (χ0n) is 13.1. The SMILES string of the molecule is c1ccc(-c2nnc(OC3CCCCC3)c3ccccc23)cc1. The average molecular weight is 304 g/mol. The lowest BCUT2D eigenvalue weighted by Gasteiger charge is -2.23. The molecule has 4 rings (SSSR count). The molecule has 23 heavy (non-hydrogen) atoms. The minimum atomic E-state index is 0.282. The van der Waals surface area contributed by atoms with E-state index in [4.69, 9.17) is 4.74 Å². The number of fused-ring (bicyclic) bond motifs is 1. The standard InChI is InChI=1S/C20H20N2O/c1-3-9-15(10-4-1)19-17-13-7-8-14-18(17)20(22-21-19)23-16-11-5-2-6-12-16/h1,3-4,7-10,13-14,16H,2,5-6,11-12H2. The fourth-order valence-corrected chi connectivity index (χ4v) is 3.32. The lowest BCUT2D eigenvalue weighted by atomic mass is 9.98. The Kier molecular flexibility index (Phi) is 3.93. The third kappa shape index (κ3) is 2.91. The van der Waals surface area contributed by atoms with Crippen molar-refractivity contribution in [1.29, 1.82) is 0 Å². The van der Waals surface area contributed by atoms with Crippen molar-refractivity contribution < 1.29 is 4.74 Å². The molecule has 2 aromatic carbocycles. The van der Waals surface area contributed by atoms with Gasteiger partial charge in [-0.1, -0.05) is 55.0 Å². The Morgan fingerprint density at radius 2 is 1.43 bits per heavy atom. The second-order valence-corrected chi connectivity index (χ2v) is 6.14. The summed E-state index contributed by atoms with van der Waals surface area (Å²) < 4.78 is 6.19. The van der Waals surface area contributed by atoms with Gasteiger partial charge in [0.05, 0.1) is 0 Å². The predicted molar refractivity (Wildman–Crippen MR) is 92.5 cm³/mol. The van der Waals surface area contributed by atoms with Crippen LogP contribution in [0.4, 0.5) is 0 Å². The summed E-state index contributed by atoms with van der Waals surface area (Å²) in [5.74, 6) is 0.673. The van der Waals surface area contributed by atoms with Crippen molar-refractivity contribution in [1.82, 2.24) is 10.2 Å². The number of ether oxygens (including phenoxy) is 1. The smallest absolute Gasteiger partial charge is 0.241 e. The lowest BCUT2D eigenvalue weighted by molar-refractivity contribution is 0.149. The van der Waals surface area contributed by atoms with Crippen LogP contribution in [0.1, 0.15) is 32.1 Å². The van der Waals surface area contributed by atoms with Gasteiger partial charge in [0.15, 0.2) is 0 Å². The maximum absolute atomic E-state index is 6.19. The Labute approximate surface area is 136 Å². The topological polar surface area (TPSA) is 35.0 Å². The number of aromatic nitrogens is 2. The molecule has 0 N–H and O–H groups in total. The van der Waals surface area contributed by atoms with Crippen LogP contribution in [0.5, 0.6) is 5.88 Å². The van der Waals surface area contributed by atoms with Gasteiger partial charge in [-0.15, -0.1) is 10.2 Å². The first-order chi connectivity index (χ1) is 11.4. The number of hydrogen-bond donors (Lipinski definition) is 0. The van der Waals surface area contributed by atoms with E-state index >= 15 is 0 Å². The van der Waals surface area contributed by atoms with Gasteiger partial charge >= 0.3 is 0 Å². The quantitative estimate of drug-likeness (QED) is 0.682. The molecule has 0 aliphatic heterocycles. The first kappa shape index (κ1) is 14.2. The van der Waals surface area contributed by atoms with Crippen molar-refractivity contribution in [3.8, 4) is 17.1 Å². The minimum absolute atomic E-state index is 0.282. The van der Waals surface area contributed by atoms with Gasteiger partial charge in [0.1, 0.15) is 11.8 Å². The van der Waals surface area contributed by atoms with Crippen LogP contribution < -0.4 is 4.74 Å². The molecular formula is C20H20N2O. The second-order valence-electron chi connectivity index (χ2n) is 6.14. The largest absolute Gasteiger partial charge is 0.473 e. The van der Waals surface area contributed by atoms with Crippen LogP contribution in [0, 0.1) is 0 Å². The van der Waals surface area contributed by atoms with Gasteiger partial charge in [-0.25, -0.2) is 0 Å². The number of rotatable bonds is 3. The van der Waals surface area contributed by atoms with Gasteiger partial charge in [0.25, 0.3) is 0 Å². The normalized spacial score (nSPS) is 15.7. The summed E-state index contributed by atoms with van der Waals surface area (Å²) in [5.41, 5.74) is 2.00. The molecule has 1 heterocycles. The maximum atomic E-state index is 6.19. The van der Waals surface area contributed by atoms with Crippen molar-refractivity contribution in [3.05, 3.63) is 54.6 Å². The van der Waals surface area contributed by atoms with E-state index < -0.39 is 0 Å². The highest BCUT2D eigenvalue weighted by molar-refractivity contribution is 5.96. The maximum Gasteiger partial charge on any atom is 0.241 e. The molecular weight excluding hydrogens is 284 g/mol. The fourth-order valence-electron chi connectivity index (χ4n) is 3.32. The highest BCUT2D eigenvalue weighted by Gasteiger charge is 2.18. The lowest BCUT2D eigenvalue weighted by Crippen LogP contribution is -2.20.